The number of para-hydroxylation sites is 1. The van der Waals surface area contributed by atoms with E-state index in [1.807, 2.05) is 11.3 Å². The highest BCUT2D eigenvalue weighted by Crippen LogP contribution is 2.52. The Bertz CT molecular complexity index is 3320. The van der Waals surface area contributed by atoms with Crippen LogP contribution in [0.4, 0.5) is 17.1 Å². The molecular formula is C56H42N2S. The Morgan fingerprint density at radius 2 is 0.983 bits per heavy atom. The maximum atomic E-state index is 2.52. The molecule has 0 atom stereocenters. The van der Waals surface area contributed by atoms with E-state index < -0.39 is 0 Å². The Hall–Kier alpha value is -6.68. The van der Waals surface area contributed by atoms with Crippen LogP contribution in [0.25, 0.3) is 70.3 Å². The minimum absolute atomic E-state index is 0.0703. The lowest BCUT2D eigenvalue weighted by Gasteiger charge is -2.28. The van der Waals surface area contributed by atoms with Crippen molar-refractivity contribution in [3.05, 3.63) is 204 Å². The molecule has 59 heavy (non-hydrogen) atoms. The molecule has 2 aliphatic carbocycles. The summed E-state index contributed by atoms with van der Waals surface area (Å²) >= 11 is 1.90. The molecule has 0 unspecified atom stereocenters. The van der Waals surface area contributed by atoms with Gasteiger partial charge in [-0.25, -0.2) is 0 Å². The van der Waals surface area contributed by atoms with Gasteiger partial charge in [0.05, 0.1) is 15.7 Å². The number of hydrogen-bond donors (Lipinski definition) is 0. The van der Waals surface area contributed by atoms with Crippen molar-refractivity contribution >= 4 is 59.6 Å². The fourth-order valence-corrected chi connectivity index (χ4v) is 11.6. The van der Waals surface area contributed by atoms with E-state index in [0.717, 1.165) is 17.1 Å². The van der Waals surface area contributed by atoms with E-state index in [1.165, 1.54) is 92.5 Å². The molecule has 282 valence electrons. The lowest BCUT2D eigenvalue weighted by atomic mass is 9.82. The van der Waals surface area contributed by atoms with Crippen molar-refractivity contribution in [1.29, 1.82) is 0 Å². The number of rotatable bonds is 5. The number of fused-ring (bicyclic) bond motifs is 11. The molecule has 12 rings (SSSR count). The van der Waals surface area contributed by atoms with Gasteiger partial charge in [-0.05, 0) is 122 Å². The van der Waals surface area contributed by atoms with E-state index in [4.69, 9.17) is 0 Å². The summed E-state index contributed by atoms with van der Waals surface area (Å²) in [6, 6.07) is 67.8. The highest BCUT2D eigenvalue weighted by atomic mass is 32.1. The van der Waals surface area contributed by atoms with Crippen LogP contribution in [0.3, 0.4) is 0 Å². The Labute approximate surface area is 349 Å². The SMILES string of the molecule is CC1(C)c2ccccc2-c2ccc(N(c3ccccc3)c3ccc(-c4ccc5c(c4)c4sc6ccccc6c4n5-c4ccc5c(c4)C(C)(C)c4ccccc4-5)cc3)cc21. The first-order valence-corrected chi connectivity index (χ1v) is 21.5. The number of thiophene rings is 1. The number of nitrogens with zero attached hydrogens (tertiary/aromatic N) is 2. The predicted molar refractivity (Wildman–Crippen MR) is 251 cm³/mol. The van der Waals surface area contributed by atoms with Crippen molar-refractivity contribution in [2.24, 2.45) is 0 Å². The average Bonchev–Trinajstić information content (AvgIpc) is 3.94. The molecule has 2 nitrogen and oxygen atoms in total. The summed E-state index contributed by atoms with van der Waals surface area (Å²) in [5.41, 5.74) is 20.4. The van der Waals surface area contributed by atoms with Crippen LogP contribution < -0.4 is 4.90 Å². The summed E-state index contributed by atoms with van der Waals surface area (Å²) in [5.74, 6) is 0. The van der Waals surface area contributed by atoms with Gasteiger partial charge in [-0.15, -0.1) is 11.3 Å². The standard InChI is InChI=1S/C56H42N2S/c1-55(2)47-19-11-8-16-41(47)43-29-27-39(33-49(43)55)57(37-14-6-5-7-15-37)38-25-22-35(23-26-38)36-24-31-51-46(32-36)54-53(45-18-10-13-21-52(45)59-54)58(51)40-28-30-44-42-17-9-12-20-48(42)56(3,4)50(44)34-40/h5-34H,1-4H3. The van der Waals surface area contributed by atoms with Crippen LogP contribution in [0.5, 0.6) is 0 Å². The second-order valence-corrected chi connectivity index (χ2v) is 18.4. The largest absolute Gasteiger partial charge is 0.310 e. The summed E-state index contributed by atoms with van der Waals surface area (Å²) < 4.78 is 5.17. The van der Waals surface area contributed by atoms with Crippen molar-refractivity contribution < 1.29 is 0 Å². The molecule has 0 saturated carbocycles. The van der Waals surface area contributed by atoms with Crippen LogP contribution in [0, 0.1) is 0 Å². The fourth-order valence-electron chi connectivity index (χ4n) is 10.4. The maximum absolute atomic E-state index is 2.52. The topological polar surface area (TPSA) is 8.17 Å². The molecule has 2 heterocycles. The van der Waals surface area contributed by atoms with Crippen molar-refractivity contribution in [2.75, 3.05) is 4.90 Å². The van der Waals surface area contributed by atoms with Crippen LogP contribution in [0.1, 0.15) is 49.9 Å². The third-order valence-electron chi connectivity index (χ3n) is 13.4. The Balaban J connectivity index is 0.969. The fraction of sp³-hybridized carbons (Fsp3) is 0.107. The molecule has 2 aliphatic rings. The first-order valence-electron chi connectivity index (χ1n) is 20.7. The zero-order valence-corrected chi connectivity index (χ0v) is 34.4. The van der Waals surface area contributed by atoms with Gasteiger partial charge < -0.3 is 9.47 Å². The summed E-state index contributed by atoms with van der Waals surface area (Å²) in [6.45, 7) is 9.44. The van der Waals surface area contributed by atoms with Crippen LogP contribution >= 0.6 is 11.3 Å². The van der Waals surface area contributed by atoms with Crippen molar-refractivity contribution in [3.63, 3.8) is 0 Å². The number of hydrogen-bond acceptors (Lipinski definition) is 2. The maximum Gasteiger partial charge on any atom is 0.0727 e. The zero-order chi connectivity index (χ0) is 39.6. The van der Waals surface area contributed by atoms with Crippen molar-refractivity contribution in [3.8, 4) is 39.1 Å². The minimum atomic E-state index is -0.0748. The van der Waals surface area contributed by atoms with Gasteiger partial charge in [0.1, 0.15) is 0 Å². The number of benzene rings is 8. The molecule has 0 aliphatic heterocycles. The average molecular weight is 775 g/mol. The molecule has 0 bridgehead atoms. The third kappa shape index (κ3) is 4.92. The van der Waals surface area contributed by atoms with Crippen molar-refractivity contribution in [2.45, 2.75) is 38.5 Å². The summed E-state index contributed by atoms with van der Waals surface area (Å²) in [6.07, 6.45) is 0. The smallest absolute Gasteiger partial charge is 0.0727 e. The zero-order valence-electron chi connectivity index (χ0n) is 33.6. The van der Waals surface area contributed by atoms with E-state index >= 15 is 0 Å². The summed E-state index contributed by atoms with van der Waals surface area (Å²) in [7, 11) is 0. The Kier molecular flexibility index (Phi) is 7.23. The highest BCUT2D eigenvalue weighted by Gasteiger charge is 2.37. The van der Waals surface area contributed by atoms with E-state index in [2.05, 4.69) is 219 Å². The molecule has 0 saturated heterocycles. The van der Waals surface area contributed by atoms with Gasteiger partial charge in [0, 0.05) is 49.1 Å². The van der Waals surface area contributed by atoms with E-state index in [1.54, 1.807) is 0 Å². The molecule has 3 heteroatoms. The van der Waals surface area contributed by atoms with Crippen molar-refractivity contribution in [1.82, 2.24) is 4.57 Å². The first kappa shape index (κ1) is 34.4. The van der Waals surface area contributed by atoms with E-state index in [-0.39, 0.29) is 10.8 Å². The normalized spacial score (nSPS) is 14.4. The Morgan fingerprint density at radius 1 is 0.424 bits per heavy atom. The Morgan fingerprint density at radius 3 is 1.71 bits per heavy atom. The predicted octanol–water partition coefficient (Wildman–Crippen LogP) is 15.7. The third-order valence-corrected chi connectivity index (χ3v) is 14.6. The van der Waals surface area contributed by atoms with Gasteiger partial charge in [-0.1, -0.05) is 143 Å². The van der Waals surface area contributed by atoms with Crippen LogP contribution in [0.15, 0.2) is 182 Å². The van der Waals surface area contributed by atoms with Gasteiger partial charge in [0.15, 0.2) is 0 Å². The lowest BCUT2D eigenvalue weighted by Crippen LogP contribution is -2.16. The van der Waals surface area contributed by atoms with Gasteiger partial charge in [-0.3, -0.25) is 0 Å². The molecule has 0 N–H and O–H groups in total. The summed E-state index contributed by atoms with van der Waals surface area (Å²) in [4.78, 5) is 2.39. The van der Waals surface area contributed by atoms with Gasteiger partial charge in [0.25, 0.3) is 0 Å². The monoisotopic (exact) mass is 774 g/mol. The van der Waals surface area contributed by atoms with Gasteiger partial charge in [-0.2, -0.15) is 0 Å². The molecule has 0 radical (unpaired) electrons. The van der Waals surface area contributed by atoms with Crippen LogP contribution in [-0.2, 0) is 10.8 Å². The molecule has 8 aromatic carbocycles. The second-order valence-electron chi connectivity index (χ2n) is 17.4. The van der Waals surface area contributed by atoms with E-state index in [9.17, 15) is 0 Å². The van der Waals surface area contributed by atoms with Crippen LogP contribution in [-0.4, -0.2) is 4.57 Å². The number of aromatic nitrogens is 1. The van der Waals surface area contributed by atoms with Gasteiger partial charge >= 0.3 is 0 Å². The minimum Gasteiger partial charge on any atom is -0.310 e. The second kappa shape index (κ2) is 12.4. The molecule has 0 spiro atoms. The summed E-state index contributed by atoms with van der Waals surface area (Å²) in [5, 5.41) is 2.59. The number of anilines is 3. The highest BCUT2D eigenvalue weighted by molar-refractivity contribution is 7.26. The lowest BCUT2D eigenvalue weighted by molar-refractivity contribution is 0.660. The quantitative estimate of drug-likeness (QED) is 0.169. The molecule has 0 amide bonds. The van der Waals surface area contributed by atoms with Crippen LogP contribution in [0.2, 0.25) is 0 Å². The molecule has 10 aromatic rings. The van der Waals surface area contributed by atoms with E-state index in [0.29, 0.717) is 0 Å². The molecule has 0 fully saturated rings. The first-order chi connectivity index (χ1) is 28.8. The van der Waals surface area contributed by atoms with Gasteiger partial charge in [0.2, 0.25) is 0 Å². The molecule has 2 aromatic heterocycles. The molecular weight excluding hydrogens is 733 g/mol.